The van der Waals surface area contributed by atoms with Gasteiger partial charge in [0.2, 0.25) is 0 Å². The van der Waals surface area contributed by atoms with Crippen LogP contribution in [0, 0.1) is 12.8 Å². The molecule has 5 nitrogen and oxygen atoms in total. The summed E-state index contributed by atoms with van der Waals surface area (Å²) in [5.41, 5.74) is 1.62. The van der Waals surface area contributed by atoms with Gasteiger partial charge in [0.25, 0.3) is 5.91 Å². The van der Waals surface area contributed by atoms with Crippen molar-refractivity contribution in [1.29, 1.82) is 0 Å². The number of methoxy groups -OCH3 is 2. The molecule has 3 rings (SSSR count). The van der Waals surface area contributed by atoms with Crippen molar-refractivity contribution in [2.45, 2.75) is 19.8 Å². The molecule has 0 aromatic heterocycles. The molecule has 0 radical (unpaired) electrons. The molecule has 1 amide bonds. The fourth-order valence-electron chi connectivity index (χ4n) is 3.43. The maximum atomic E-state index is 12.9. The Balaban J connectivity index is 1.53. The van der Waals surface area contributed by atoms with Crippen molar-refractivity contribution in [2.24, 2.45) is 5.92 Å². The summed E-state index contributed by atoms with van der Waals surface area (Å²) < 4.78 is 16.4. The van der Waals surface area contributed by atoms with Gasteiger partial charge in [0.1, 0.15) is 17.2 Å². The van der Waals surface area contributed by atoms with Gasteiger partial charge in [-0.05, 0) is 61.6 Å². The molecule has 0 N–H and O–H groups in total. The molecule has 144 valence electrons. The number of hydrogen-bond donors (Lipinski definition) is 0. The number of amides is 1. The highest BCUT2D eigenvalue weighted by atomic mass is 16.5. The third-order valence-electron chi connectivity index (χ3n) is 5.12. The van der Waals surface area contributed by atoms with E-state index in [-0.39, 0.29) is 5.91 Å². The van der Waals surface area contributed by atoms with Crippen molar-refractivity contribution in [2.75, 3.05) is 33.9 Å². The Kier molecular flexibility index (Phi) is 6.22. The van der Waals surface area contributed by atoms with Crippen LogP contribution in [0.5, 0.6) is 17.2 Å². The normalized spacial score (nSPS) is 14.7. The SMILES string of the molecule is COc1ccc(OCC2CCN(C(=O)c3c(C)cccc3OC)CC2)cc1. The minimum Gasteiger partial charge on any atom is -0.497 e. The second-order valence-electron chi connectivity index (χ2n) is 6.87. The number of rotatable bonds is 6. The van der Waals surface area contributed by atoms with E-state index in [1.54, 1.807) is 14.2 Å². The number of aryl methyl sites for hydroxylation is 1. The molecule has 2 aromatic carbocycles. The summed E-state index contributed by atoms with van der Waals surface area (Å²) in [5.74, 6) is 2.82. The maximum Gasteiger partial charge on any atom is 0.257 e. The molecule has 0 spiro atoms. The standard InChI is InChI=1S/C22H27NO4/c1-16-5-4-6-20(26-3)21(16)22(24)23-13-11-17(12-14-23)15-27-19-9-7-18(25-2)8-10-19/h4-10,17H,11-15H2,1-3H3. The number of carbonyl (C=O) groups excluding carboxylic acids is 1. The van der Waals surface area contributed by atoms with E-state index in [0.717, 1.165) is 43.0 Å². The monoisotopic (exact) mass is 369 g/mol. The number of hydrogen-bond acceptors (Lipinski definition) is 4. The zero-order valence-electron chi connectivity index (χ0n) is 16.2. The Labute approximate surface area is 160 Å². The minimum absolute atomic E-state index is 0.0551. The van der Waals surface area contributed by atoms with E-state index in [9.17, 15) is 4.79 Å². The number of nitrogens with zero attached hydrogens (tertiary/aromatic N) is 1. The maximum absolute atomic E-state index is 12.9. The first kappa shape index (κ1) is 19.1. The van der Waals surface area contributed by atoms with Gasteiger partial charge in [-0.1, -0.05) is 12.1 Å². The van der Waals surface area contributed by atoms with Gasteiger partial charge >= 0.3 is 0 Å². The molecule has 1 saturated heterocycles. The number of likely N-dealkylation sites (tertiary alicyclic amines) is 1. The molecular weight excluding hydrogens is 342 g/mol. The Morgan fingerprint density at radius 2 is 1.67 bits per heavy atom. The molecule has 1 fully saturated rings. The molecule has 0 atom stereocenters. The molecule has 0 aliphatic carbocycles. The van der Waals surface area contributed by atoms with Crippen molar-refractivity contribution in [3.8, 4) is 17.2 Å². The first-order chi connectivity index (χ1) is 13.1. The number of carbonyl (C=O) groups is 1. The summed E-state index contributed by atoms with van der Waals surface area (Å²) in [6.07, 6.45) is 1.88. The van der Waals surface area contributed by atoms with E-state index in [1.165, 1.54) is 0 Å². The Hall–Kier alpha value is -2.69. The van der Waals surface area contributed by atoms with Gasteiger partial charge in [-0.15, -0.1) is 0 Å². The molecule has 27 heavy (non-hydrogen) atoms. The van der Waals surface area contributed by atoms with Gasteiger partial charge in [-0.3, -0.25) is 4.79 Å². The molecule has 0 bridgehead atoms. The van der Waals surface area contributed by atoms with Crippen molar-refractivity contribution < 1.29 is 19.0 Å². The Morgan fingerprint density at radius 1 is 1.00 bits per heavy atom. The summed E-state index contributed by atoms with van der Waals surface area (Å²) in [5, 5.41) is 0. The molecular formula is C22H27NO4. The highest BCUT2D eigenvalue weighted by Crippen LogP contribution is 2.27. The molecule has 1 heterocycles. The molecule has 5 heteroatoms. The van der Waals surface area contributed by atoms with Crippen molar-refractivity contribution in [3.05, 3.63) is 53.6 Å². The van der Waals surface area contributed by atoms with Crippen molar-refractivity contribution in [1.82, 2.24) is 4.90 Å². The van der Waals surface area contributed by atoms with Crippen LogP contribution in [-0.4, -0.2) is 44.7 Å². The summed E-state index contributed by atoms with van der Waals surface area (Å²) in [6.45, 7) is 4.10. The highest BCUT2D eigenvalue weighted by molar-refractivity contribution is 5.98. The van der Waals surface area contributed by atoms with E-state index in [0.29, 0.717) is 23.8 Å². The fourth-order valence-corrected chi connectivity index (χ4v) is 3.43. The predicted octanol–water partition coefficient (Wildman–Crippen LogP) is 3.94. The van der Waals surface area contributed by atoms with Gasteiger partial charge in [0, 0.05) is 13.1 Å². The van der Waals surface area contributed by atoms with Crippen LogP contribution in [0.1, 0.15) is 28.8 Å². The molecule has 0 unspecified atom stereocenters. The largest absolute Gasteiger partial charge is 0.497 e. The lowest BCUT2D eigenvalue weighted by molar-refractivity contribution is 0.0657. The van der Waals surface area contributed by atoms with Gasteiger partial charge in [-0.2, -0.15) is 0 Å². The van der Waals surface area contributed by atoms with Crippen molar-refractivity contribution in [3.63, 3.8) is 0 Å². The number of benzene rings is 2. The molecule has 0 saturated carbocycles. The summed E-state index contributed by atoms with van der Waals surface area (Å²) in [7, 11) is 3.26. The summed E-state index contributed by atoms with van der Waals surface area (Å²) >= 11 is 0. The van der Waals surface area contributed by atoms with Crippen molar-refractivity contribution >= 4 is 5.91 Å². The average Bonchev–Trinajstić information content (AvgIpc) is 2.72. The van der Waals surface area contributed by atoms with Crippen LogP contribution in [0.3, 0.4) is 0 Å². The van der Waals surface area contributed by atoms with Crippen LogP contribution < -0.4 is 14.2 Å². The van der Waals surface area contributed by atoms with E-state index < -0.39 is 0 Å². The second kappa shape index (κ2) is 8.80. The highest BCUT2D eigenvalue weighted by Gasteiger charge is 2.26. The molecule has 1 aliphatic heterocycles. The summed E-state index contributed by atoms with van der Waals surface area (Å²) in [4.78, 5) is 14.9. The van der Waals surface area contributed by atoms with Crippen LogP contribution in [0.2, 0.25) is 0 Å². The number of ether oxygens (including phenoxy) is 3. The third-order valence-corrected chi connectivity index (χ3v) is 5.12. The van der Waals surface area contributed by atoms with Crippen LogP contribution >= 0.6 is 0 Å². The first-order valence-corrected chi connectivity index (χ1v) is 9.32. The van der Waals surface area contributed by atoms with Crippen LogP contribution in [0.25, 0.3) is 0 Å². The van der Waals surface area contributed by atoms with E-state index in [4.69, 9.17) is 14.2 Å². The third kappa shape index (κ3) is 4.54. The zero-order chi connectivity index (χ0) is 19.2. The topological polar surface area (TPSA) is 48.0 Å². The fraction of sp³-hybridized carbons (Fsp3) is 0.409. The van der Waals surface area contributed by atoms with E-state index in [1.807, 2.05) is 54.3 Å². The van der Waals surface area contributed by atoms with Crippen LogP contribution in [-0.2, 0) is 0 Å². The van der Waals surface area contributed by atoms with Crippen LogP contribution in [0.15, 0.2) is 42.5 Å². The smallest absolute Gasteiger partial charge is 0.257 e. The van der Waals surface area contributed by atoms with Crippen LogP contribution in [0.4, 0.5) is 0 Å². The Morgan fingerprint density at radius 3 is 2.30 bits per heavy atom. The molecule has 1 aliphatic rings. The van der Waals surface area contributed by atoms with E-state index in [2.05, 4.69) is 0 Å². The lowest BCUT2D eigenvalue weighted by Crippen LogP contribution is -2.40. The first-order valence-electron chi connectivity index (χ1n) is 9.32. The van der Waals surface area contributed by atoms with Gasteiger partial charge < -0.3 is 19.1 Å². The van der Waals surface area contributed by atoms with Gasteiger partial charge in [-0.25, -0.2) is 0 Å². The minimum atomic E-state index is 0.0551. The predicted molar refractivity (Wildman–Crippen MR) is 105 cm³/mol. The molecule has 2 aromatic rings. The van der Waals surface area contributed by atoms with Gasteiger partial charge in [0.05, 0.1) is 26.4 Å². The quantitative estimate of drug-likeness (QED) is 0.774. The average molecular weight is 369 g/mol. The lowest BCUT2D eigenvalue weighted by atomic mass is 9.96. The zero-order valence-corrected chi connectivity index (χ0v) is 16.2. The lowest BCUT2D eigenvalue weighted by Gasteiger charge is -2.32. The summed E-state index contributed by atoms with van der Waals surface area (Å²) in [6, 6.07) is 13.3. The Bertz CT molecular complexity index is 764. The van der Waals surface area contributed by atoms with E-state index >= 15 is 0 Å². The van der Waals surface area contributed by atoms with Gasteiger partial charge in [0.15, 0.2) is 0 Å². The number of piperidine rings is 1. The second-order valence-corrected chi connectivity index (χ2v) is 6.87.